The molecule has 0 aromatic heterocycles. The third-order valence-corrected chi connectivity index (χ3v) is 3.57. The molecule has 0 spiro atoms. The fourth-order valence-corrected chi connectivity index (χ4v) is 2.58. The molecule has 1 amide bonds. The number of benzene rings is 1. The molecule has 0 bridgehead atoms. The topological polar surface area (TPSA) is 66.6 Å². The van der Waals surface area contributed by atoms with Gasteiger partial charge >= 0.3 is 0 Å². The van der Waals surface area contributed by atoms with Gasteiger partial charge in [-0.3, -0.25) is 4.79 Å². The van der Waals surface area contributed by atoms with Crippen LogP contribution >= 0.6 is 0 Å². The second-order valence-electron chi connectivity index (χ2n) is 4.90. The predicted molar refractivity (Wildman–Crippen MR) is 71.2 cm³/mol. The highest BCUT2D eigenvalue weighted by Gasteiger charge is 2.28. The van der Waals surface area contributed by atoms with Crippen molar-refractivity contribution >= 4 is 11.6 Å². The molecule has 1 fully saturated rings. The van der Waals surface area contributed by atoms with Gasteiger partial charge in [-0.15, -0.1) is 0 Å². The summed E-state index contributed by atoms with van der Waals surface area (Å²) in [5.41, 5.74) is 5.84. The van der Waals surface area contributed by atoms with Gasteiger partial charge in [0, 0.05) is 24.9 Å². The second-order valence-corrected chi connectivity index (χ2v) is 4.90. The minimum absolute atomic E-state index is 0.00297. The number of aliphatic hydroxyl groups excluding tert-OH is 1. The summed E-state index contributed by atoms with van der Waals surface area (Å²) in [6.07, 6.45) is 3.37. The predicted octanol–water partition coefficient (Wildman–Crippen LogP) is 1.79. The van der Waals surface area contributed by atoms with Gasteiger partial charge in [-0.1, -0.05) is 0 Å². The number of rotatable bonds is 3. The summed E-state index contributed by atoms with van der Waals surface area (Å²) in [5.74, 6) is -0.894. The van der Waals surface area contributed by atoms with Gasteiger partial charge in [0.25, 0.3) is 5.91 Å². The number of nitrogens with zero attached hydrogens (tertiary/aromatic N) is 1. The summed E-state index contributed by atoms with van der Waals surface area (Å²) in [6.45, 7) is 0.659. The van der Waals surface area contributed by atoms with Crippen LogP contribution in [-0.4, -0.2) is 35.1 Å². The molecule has 19 heavy (non-hydrogen) atoms. The molecule has 104 valence electrons. The highest BCUT2D eigenvalue weighted by Crippen LogP contribution is 2.23. The van der Waals surface area contributed by atoms with E-state index in [1.807, 2.05) is 0 Å². The lowest BCUT2D eigenvalue weighted by Gasteiger charge is -2.35. The highest BCUT2D eigenvalue weighted by atomic mass is 19.1. The summed E-state index contributed by atoms with van der Waals surface area (Å²) in [6, 6.07) is 4.13. The number of carbonyl (C=O) groups excluding carboxylic acids is 1. The number of nitrogen functional groups attached to an aromatic ring is 1. The van der Waals surface area contributed by atoms with Crippen LogP contribution in [0.5, 0.6) is 0 Å². The van der Waals surface area contributed by atoms with E-state index >= 15 is 0 Å². The fourth-order valence-electron chi connectivity index (χ4n) is 2.58. The number of carbonyl (C=O) groups is 1. The first-order chi connectivity index (χ1) is 9.13. The molecule has 1 aromatic rings. The first kappa shape index (κ1) is 13.8. The Morgan fingerprint density at radius 3 is 2.95 bits per heavy atom. The van der Waals surface area contributed by atoms with Gasteiger partial charge in [0.1, 0.15) is 5.82 Å². The van der Waals surface area contributed by atoms with Crippen LogP contribution < -0.4 is 5.73 Å². The SMILES string of the molecule is Nc1ccc(C(=O)N2CCCCC2CCO)c(F)c1. The first-order valence-electron chi connectivity index (χ1n) is 6.60. The first-order valence-corrected chi connectivity index (χ1v) is 6.60. The average molecular weight is 266 g/mol. The molecule has 1 heterocycles. The van der Waals surface area contributed by atoms with E-state index in [4.69, 9.17) is 10.8 Å². The Labute approximate surface area is 112 Å². The average Bonchev–Trinajstić information content (AvgIpc) is 2.39. The van der Waals surface area contributed by atoms with Gasteiger partial charge in [-0.2, -0.15) is 0 Å². The molecule has 5 heteroatoms. The number of hydrogen-bond acceptors (Lipinski definition) is 3. The molecule has 0 saturated carbocycles. The van der Waals surface area contributed by atoms with Crippen LogP contribution in [0.4, 0.5) is 10.1 Å². The van der Waals surface area contributed by atoms with Crippen LogP contribution in [0.2, 0.25) is 0 Å². The van der Waals surface area contributed by atoms with Crippen molar-refractivity contribution in [3.05, 3.63) is 29.6 Å². The third-order valence-electron chi connectivity index (χ3n) is 3.57. The number of nitrogens with two attached hydrogens (primary N) is 1. The van der Waals surface area contributed by atoms with Crippen molar-refractivity contribution in [3.63, 3.8) is 0 Å². The molecule has 4 nitrogen and oxygen atoms in total. The van der Waals surface area contributed by atoms with Gasteiger partial charge < -0.3 is 15.7 Å². The molecule has 1 atom stereocenters. The molecule has 3 N–H and O–H groups in total. The Balaban J connectivity index is 2.21. The molecule has 2 rings (SSSR count). The van der Waals surface area contributed by atoms with E-state index in [0.29, 0.717) is 18.7 Å². The number of piperidine rings is 1. The van der Waals surface area contributed by atoms with Crippen molar-refractivity contribution in [2.45, 2.75) is 31.7 Å². The van der Waals surface area contributed by atoms with E-state index in [1.54, 1.807) is 4.90 Å². The van der Waals surface area contributed by atoms with Crippen LogP contribution in [0.1, 0.15) is 36.0 Å². The van der Waals surface area contributed by atoms with Crippen LogP contribution in [-0.2, 0) is 0 Å². The minimum Gasteiger partial charge on any atom is -0.399 e. The zero-order valence-electron chi connectivity index (χ0n) is 10.8. The van der Waals surface area contributed by atoms with Crippen molar-refractivity contribution in [1.29, 1.82) is 0 Å². The number of halogens is 1. The smallest absolute Gasteiger partial charge is 0.257 e. The molecule has 1 aliphatic heterocycles. The summed E-state index contributed by atoms with van der Waals surface area (Å²) in [7, 11) is 0. The van der Waals surface area contributed by atoms with Crippen molar-refractivity contribution in [3.8, 4) is 0 Å². The summed E-state index contributed by atoms with van der Waals surface area (Å²) in [5, 5.41) is 9.05. The summed E-state index contributed by atoms with van der Waals surface area (Å²) in [4.78, 5) is 14.1. The number of aliphatic hydroxyl groups is 1. The third kappa shape index (κ3) is 3.04. The van der Waals surface area contributed by atoms with Gasteiger partial charge in [0.2, 0.25) is 0 Å². The van der Waals surface area contributed by atoms with Crippen LogP contribution in [0.15, 0.2) is 18.2 Å². The van der Waals surface area contributed by atoms with Crippen molar-refractivity contribution < 1.29 is 14.3 Å². The lowest BCUT2D eigenvalue weighted by molar-refractivity contribution is 0.0570. The van der Waals surface area contributed by atoms with Crippen LogP contribution in [0.3, 0.4) is 0 Å². The quantitative estimate of drug-likeness (QED) is 0.820. The van der Waals surface area contributed by atoms with E-state index in [-0.39, 0.29) is 24.1 Å². The summed E-state index contributed by atoms with van der Waals surface area (Å²) >= 11 is 0. The lowest BCUT2D eigenvalue weighted by Crippen LogP contribution is -2.44. The molecule has 1 aliphatic rings. The molecular weight excluding hydrogens is 247 g/mol. The van der Waals surface area contributed by atoms with Crippen LogP contribution in [0.25, 0.3) is 0 Å². The highest BCUT2D eigenvalue weighted by molar-refractivity contribution is 5.95. The molecule has 1 saturated heterocycles. The standard InChI is InChI=1S/C14H19FN2O2/c15-13-9-10(16)4-5-12(13)14(19)17-7-2-1-3-11(17)6-8-18/h4-5,9,11,18H,1-3,6-8,16H2. The second kappa shape index (κ2) is 6.02. The molecule has 1 aromatic carbocycles. The van der Waals surface area contributed by atoms with E-state index in [1.165, 1.54) is 12.1 Å². The Morgan fingerprint density at radius 1 is 1.47 bits per heavy atom. The van der Waals surface area contributed by atoms with E-state index < -0.39 is 5.82 Å². The Kier molecular flexibility index (Phi) is 4.37. The zero-order valence-corrected chi connectivity index (χ0v) is 10.8. The van der Waals surface area contributed by atoms with Crippen molar-refractivity contribution in [1.82, 2.24) is 4.90 Å². The molecule has 0 radical (unpaired) electrons. The monoisotopic (exact) mass is 266 g/mol. The van der Waals surface area contributed by atoms with E-state index in [2.05, 4.69) is 0 Å². The largest absolute Gasteiger partial charge is 0.399 e. The van der Waals surface area contributed by atoms with Gasteiger partial charge in [0.05, 0.1) is 5.56 Å². The molecular formula is C14H19FN2O2. The zero-order chi connectivity index (χ0) is 13.8. The fraction of sp³-hybridized carbons (Fsp3) is 0.500. The van der Waals surface area contributed by atoms with Gasteiger partial charge in [-0.05, 0) is 43.9 Å². The number of amides is 1. The Bertz CT molecular complexity index is 463. The van der Waals surface area contributed by atoms with E-state index in [9.17, 15) is 9.18 Å². The molecule has 1 unspecified atom stereocenters. The van der Waals surface area contributed by atoms with Crippen molar-refractivity contribution in [2.75, 3.05) is 18.9 Å². The maximum atomic E-state index is 13.8. The molecule has 0 aliphatic carbocycles. The Hall–Kier alpha value is -1.62. The summed E-state index contributed by atoms with van der Waals surface area (Å²) < 4.78 is 13.8. The Morgan fingerprint density at radius 2 is 2.26 bits per heavy atom. The van der Waals surface area contributed by atoms with Crippen LogP contribution in [0, 0.1) is 5.82 Å². The normalized spacial score (nSPS) is 19.5. The van der Waals surface area contributed by atoms with Gasteiger partial charge in [0.15, 0.2) is 0 Å². The number of likely N-dealkylation sites (tertiary alicyclic amines) is 1. The maximum Gasteiger partial charge on any atom is 0.257 e. The van der Waals surface area contributed by atoms with Gasteiger partial charge in [-0.25, -0.2) is 4.39 Å². The number of hydrogen-bond donors (Lipinski definition) is 2. The van der Waals surface area contributed by atoms with E-state index in [0.717, 1.165) is 25.3 Å². The minimum atomic E-state index is -0.585. The lowest BCUT2D eigenvalue weighted by atomic mass is 9.98. The maximum absolute atomic E-state index is 13.8. The van der Waals surface area contributed by atoms with Crippen molar-refractivity contribution in [2.24, 2.45) is 0 Å². The number of anilines is 1.